The Balaban J connectivity index is 1.86. The lowest BCUT2D eigenvalue weighted by atomic mass is 9.80. The standard InChI is InChI=1S/C14H22N2O2/c1-11(10-12-4-3-9-18-12)16-13(17)14(2)5-7-15-8-6-14/h3-4,9,11,15H,5-8,10H2,1-2H3,(H,16,17). The summed E-state index contributed by atoms with van der Waals surface area (Å²) in [5.41, 5.74) is -0.220. The van der Waals surface area contributed by atoms with Crippen molar-refractivity contribution in [3.63, 3.8) is 0 Å². The molecule has 0 bridgehead atoms. The van der Waals surface area contributed by atoms with Gasteiger partial charge in [-0.15, -0.1) is 0 Å². The predicted octanol–water partition coefficient (Wildman–Crippen LogP) is 1.72. The van der Waals surface area contributed by atoms with Gasteiger partial charge in [0.05, 0.1) is 6.26 Å². The fourth-order valence-electron chi connectivity index (χ4n) is 2.39. The first kappa shape index (κ1) is 13.1. The monoisotopic (exact) mass is 250 g/mol. The van der Waals surface area contributed by atoms with Gasteiger partial charge in [-0.1, -0.05) is 6.92 Å². The van der Waals surface area contributed by atoms with Gasteiger partial charge >= 0.3 is 0 Å². The second-order valence-corrected chi connectivity index (χ2v) is 5.47. The molecular formula is C14H22N2O2. The topological polar surface area (TPSA) is 54.3 Å². The van der Waals surface area contributed by atoms with E-state index in [4.69, 9.17) is 4.42 Å². The molecule has 4 heteroatoms. The van der Waals surface area contributed by atoms with Crippen molar-refractivity contribution in [3.8, 4) is 0 Å². The number of piperidine rings is 1. The van der Waals surface area contributed by atoms with Crippen molar-refractivity contribution in [2.45, 2.75) is 39.2 Å². The third kappa shape index (κ3) is 3.13. The summed E-state index contributed by atoms with van der Waals surface area (Å²) in [6.45, 7) is 5.93. The summed E-state index contributed by atoms with van der Waals surface area (Å²) >= 11 is 0. The molecule has 4 nitrogen and oxygen atoms in total. The first-order valence-electron chi connectivity index (χ1n) is 6.64. The number of hydrogen-bond donors (Lipinski definition) is 2. The summed E-state index contributed by atoms with van der Waals surface area (Å²) in [7, 11) is 0. The number of furan rings is 1. The average Bonchev–Trinajstić information content (AvgIpc) is 2.82. The maximum absolute atomic E-state index is 12.3. The van der Waals surface area contributed by atoms with Gasteiger partial charge in [0, 0.05) is 17.9 Å². The lowest BCUT2D eigenvalue weighted by Crippen LogP contribution is -2.48. The fraction of sp³-hybridized carbons (Fsp3) is 0.643. The number of nitrogens with one attached hydrogen (secondary N) is 2. The Labute approximate surface area is 108 Å². The van der Waals surface area contributed by atoms with Crippen LogP contribution >= 0.6 is 0 Å². The first-order valence-corrected chi connectivity index (χ1v) is 6.64. The van der Waals surface area contributed by atoms with E-state index < -0.39 is 0 Å². The van der Waals surface area contributed by atoms with Crippen LogP contribution in [0.15, 0.2) is 22.8 Å². The summed E-state index contributed by atoms with van der Waals surface area (Å²) in [6, 6.07) is 3.92. The van der Waals surface area contributed by atoms with Crippen LogP contribution < -0.4 is 10.6 Å². The summed E-state index contributed by atoms with van der Waals surface area (Å²) in [4.78, 5) is 12.3. The van der Waals surface area contributed by atoms with Gasteiger partial charge in [0.1, 0.15) is 5.76 Å². The molecule has 2 rings (SSSR count). The highest BCUT2D eigenvalue weighted by molar-refractivity contribution is 5.82. The average molecular weight is 250 g/mol. The molecule has 0 spiro atoms. The van der Waals surface area contributed by atoms with Crippen LogP contribution in [0.2, 0.25) is 0 Å². The third-order valence-corrected chi connectivity index (χ3v) is 3.72. The highest BCUT2D eigenvalue weighted by Crippen LogP contribution is 2.28. The van der Waals surface area contributed by atoms with E-state index in [0.717, 1.165) is 38.1 Å². The molecule has 1 aliphatic rings. The molecule has 1 saturated heterocycles. The molecule has 1 atom stereocenters. The molecule has 1 amide bonds. The number of rotatable bonds is 4. The summed E-state index contributed by atoms with van der Waals surface area (Å²) in [6.07, 6.45) is 4.23. The zero-order chi connectivity index (χ0) is 13.0. The van der Waals surface area contributed by atoms with Crippen LogP contribution in [0.5, 0.6) is 0 Å². The molecule has 0 aliphatic carbocycles. The molecule has 1 aromatic rings. The van der Waals surface area contributed by atoms with Gasteiger partial charge in [0.25, 0.3) is 0 Å². The fourth-order valence-corrected chi connectivity index (χ4v) is 2.39. The maximum Gasteiger partial charge on any atom is 0.226 e. The SMILES string of the molecule is CC(Cc1ccco1)NC(=O)C1(C)CCNCC1. The Morgan fingerprint density at radius 3 is 2.89 bits per heavy atom. The molecule has 0 aromatic carbocycles. The molecule has 18 heavy (non-hydrogen) atoms. The molecular weight excluding hydrogens is 228 g/mol. The van der Waals surface area contributed by atoms with E-state index in [-0.39, 0.29) is 17.4 Å². The summed E-state index contributed by atoms with van der Waals surface area (Å²) in [5, 5.41) is 6.39. The molecule has 1 fully saturated rings. The van der Waals surface area contributed by atoms with Gasteiger partial charge in [-0.2, -0.15) is 0 Å². The quantitative estimate of drug-likeness (QED) is 0.855. The minimum Gasteiger partial charge on any atom is -0.469 e. The summed E-state index contributed by atoms with van der Waals surface area (Å²) in [5.74, 6) is 1.08. The van der Waals surface area contributed by atoms with Gasteiger partial charge in [-0.25, -0.2) is 0 Å². The van der Waals surface area contributed by atoms with Crippen LogP contribution in [0, 0.1) is 5.41 Å². The van der Waals surface area contributed by atoms with E-state index in [2.05, 4.69) is 17.6 Å². The molecule has 1 aliphatic heterocycles. The van der Waals surface area contributed by atoms with Crippen molar-refractivity contribution in [3.05, 3.63) is 24.2 Å². The van der Waals surface area contributed by atoms with Gasteiger partial charge < -0.3 is 15.1 Å². The highest BCUT2D eigenvalue weighted by Gasteiger charge is 2.34. The minimum absolute atomic E-state index is 0.107. The Hall–Kier alpha value is -1.29. The van der Waals surface area contributed by atoms with E-state index in [1.165, 1.54) is 0 Å². The third-order valence-electron chi connectivity index (χ3n) is 3.72. The van der Waals surface area contributed by atoms with Gasteiger partial charge in [0.15, 0.2) is 0 Å². The number of carbonyl (C=O) groups is 1. The molecule has 0 saturated carbocycles. The number of hydrogen-bond acceptors (Lipinski definition) is 3. The lowest BCUT2D eigenvalue weighted by Gasteiger charge is -2.33. The first-order chi connectivity index (χ1) is 8.60. The van der Waals surface area contributed by atoms with Crippen molar-refractivity contribution < 1.29 is 9.21 Å². The summed E-state index contributed by atoms with van der Waals surface area (Å²) < 4.78 is 5.30. The van der Waals surface area contributed by atoms with Crippen LogP contribution in [0.4, 0.5) is 0 Å². The molecule has 2 heterocycles. The normalized spacial score (nSPS) is 20.3. The maximum atomic E-state index is 12.3. The Kier molecular flexibility index (Phi) is 4.07. The molecule has 1 unspecified atom stereocenters. The van der Waals surface area contributed by atoms with Crippen molar-refractivity contribution in [1.29, 1.82) is 0 Å². The van der Waals surface area contributed by atoms with Crippen molar-refractivity contribution >= 4 is 5.91 Å². The van der Waals surface area contributed by atoms with Crippen LogP contribution in [0.25, 0.3) is 0 Å². The molecule has 0 radical (unpaired) electrons. The van der Waals surface area contributed by atoms with Gasteiger partial charge in [-0.05, 0) is 45.0 Å². The van der Waals surface area contributed by atoms with Crippen molar-refractivity contribution in [2.75, 3.05) is 13.1 Å². The molecule has 1 aromatic heterocycles. The highest BCUT2D eigenvalue weighted by atomic mass is 16.3. The second-order valence-electron chi connectivity index (χ2n) is 5.47. The van der Waals surface area contributed by atoms with Gasteiger partial charge in [-0.3, -0.25) is 4.79 Å². The van der Waals surface area contributed by atoms with Crippen LogP contribution in [-0.2, 0) is 11.2 Å². The van der Waals surface area contributed by atoms with E-state index in [1.54, 1.807) is 6.26 Å². The molecule has 2 N–H and O–H groups in total. The van der Waals surface area contributed by atoms with Crippen LogP contribution in [0.1, 0.15) is 32.4 Å². The van der Waals surface area contributed by atoms with E-state index in [0.29, 0.717) is 0 Å². The Morgan fingerprint density at radius 2 is 2.28 bits per heavy atom. The zero-order valence-corrected chi connectivity index (χ0v) is 11.2. The van der Waals surface area contributed by atoms with E-state index in [9.17, 15) is 4.79 Å². The van der Waals surface area contributed by atoms with Crippen LogP contribution in [-0.4, -0.2) is 25.0 Å². The number of amides is 1. The molecule has 100 valence electrons. The van der Waals surface area contributed by atoms with E-state index >= 15 is 0 Å². The number of carbonyl (C=O) groups excluding carboxylic acids is 1. The van der Waals surface area contributed by atoms with Gasteiger partial charge in [0.2, 0.25) is 5.91 Å². The Morgan fingerprint density at radius 1 is 1.56 bits per heavy atom. The second kappa shape index (κ2) is 5.57. The Bertz CT molecular complexity index is 381. The smallest absolute Gasteiger partial charge is 0.226 e. The van der Waals surface area contributed by atoms with Crippen LogP contribution in [0.3, 0.4) is 0 Å². The van der Waals surface area contributed by atoms with Crippen molar-refractivity contribution in [2.24, 2.45) is 5.41 Å². The van der Waals surface area contributed by atoms with E-state index in [1.807, 2.05) is 19.1 Å². The minimum atomic E-state index is -0.220. The largest absolute Gasteiger partial charge is 0.469 e. The zero-order valence-electron chi connectivity index (χ0n) is 11.2. The lowest BCUT2D eigenvalue weighted by molar-refractivity contribution is -0.132. The predicted molar refractivity (Wildman–Crippen MR) is 70.2 cm³/mol. The van der Waals surface area contributed by atoms with Crippen molar-refractivity contribution in [1.82, 2.24) is 10.6 Å².